The normalized spacial score (nSPS) is 11.4. The van der Waals surface area contributed by atoms with Crippen molar-refractivity contribution >= 4 is 58.0 Å². The van der Waals surface area contributed by atoms with Crippen molar-refractivity contribution in [2.45, 2.75) is 18.7 Å². The minimum absolute atomic E-state index is 0.0802. The highest BCUT2D eigenvalue weighted by atomic mass is 127. The van der Waals surface area contributed by atoms with Crippen LogP contribution in [-0.4, -0.2) is 33.4 Å². The van der Waals surface area contributed by atoms with E-state index >= 15 is 0 Å². The molecule has 2 N–H and O–H groups in total. The maximum atomic E-state index is 11.7. The van der Waals surface area contributed by atoms with E-state index in [0.717, 1.165) is 20.9 Å². The van der Waals surface area contributed by atoms with Crippen LogP contribution in [-0.2, 0) is 11.4 Å². The number of aromatic nitrogens is 3. The number of benzene rings is 2. The number of nitrogens with zero attached hydrogens (tertiary/aromatic N) is 2. The zero-order valence-electron chi connectivity index (χ0n) is 16.0. The number of aromatic amines is 1. The smallest absolute Gasteiger partial charge is 0.342 e. The van der Waals surface area contributed by atoms with E-state index in [2.05, 4.69) is 37.8 Å². The molecule has 0 saturated carbocycles. The molecular weight excluding hydrogens is 541 g/mol. The van der Waals surface area contributed by atoms with Crippen LogP contribution in [0.25, 0.3) is 6.08 Å². The number of methoxy groups -OCH3 is 1. The second-order valence-corrected chi connectivity index (χ2v) is 8.61. The number of thioether (sulfide) groups is 1. The zero-order valence-corrected chi connectivity index (χ0v) is 19.7. The van der Waals surface area contributed by atoms with Crippen molar-refractivity contribution in [3.63, 3.8) is 0 Å². The highest BCUT2D eigenvalue weighted by molar-refractivity contribution is 14.1. The first-order valence-corrected chi connectivity index (χ1v) is 10.9. The molecule has 0 atom stereocenters. The van der Waals surface area contributed by atoms with Gasteiger partial charge in [0.25, 0.3) is 0 Å². The molecule has 0 aliphatic rings. The third kappa shape index (κ3) is 5.67. The molecule has 156 valence electrons. The first-order valence-electron chi connectivity index (χ1n) is 8.63. The van der Waals surface area contributed by atoms with E-state index in [1.807, 2.05) is 24.3 Å². The molecule has 3 aromatic rings. The van der Waals surface area contributed by atoms with Crippen molar-refractivity contribution < 1.29 is 19.4 Å². The molecule has 30 heavy (non-hydrogen) atoms. The summed E-state index contributed by atoms with van der Waals surface area (Å²) in [6.07, 6.45) is 1.54. The average Bonchev–Trinajstić information content (AvgIpc) is 3.12. The molecule has 0 spiro atoms. The van der Waals surface area contributed by atoms with E-state index in [-0.39, 0.29) is 11.5 Å². The third-order valence-electron chi connectivity index (χ3n) is 3.87. The van der Waals surface area contributed by atoms with E-state index < -0.39 is 5.97 Å². The number of carboxylic acid groups (broad SMARTS) is 1. The lowest BCUT2D eigenvalue weighted by atomic mass is 10.2. The number of hydrogen-bond acceptors (Lipinski definition) is 6. The molecule has 1 heterocycles. The van der Waals surface area contributed by atoms with Gasteiger partial charge in [-0.05, 0) is 71.1 Å². The Morgan fingerprint density at radius 2 is 2.13 bits per heavy atom. The molecule has 0 bridgehead atoms. The Labute approximate surface area is 196 Å². The van der Waals surface area contributed by atoms with Gasteiger partial charge in [-0.2, -0.15) is 0 Å². The van der Waals surface area contributed by atoms with Crippen LogP contribution in [0, 0.1) is 10.5 Å². The fraction of sp³-hybridized carbons (Fsp3) is 0.150. The molecule has 3 rings (SSSR count). The Bertz CT molecular complexity index is 1100. The molecule has 10 heteroatoms. The zero-order chi connectivity index (χ0) is 21.7. The highest BCUT2D eigenvalue weighted by Crippen LogP contribution is 2.36. The quantitative estimate of drug-likeness (QED) is 0.224. The maximum absolute atomic E-state index is 11.7. The van der Waals surface area contributed by atoms with Gasteiger partial charge in [0.2, 0.25) is 5.16 Å². The summed E-state index contributed by atoms with van der Waals surface area (Å²) in [5, 5.41) is 17.2. The van der Waals surface area contributed by atoms with Crippen LogP contribution in [0.5, 0.6) is 11.5 Å². The fourth-order valence-corrected chi connectivity index (χ4v) is 4.21. The standard InChI is InChI=1S/C20H17ClIN3O4S/c1-11-23-20(25-24-11)30-17(19(26)27)9-12-7-15(22)18(16(8-12)28-2)29-10-13-5-3-4-6-14(13)21/h3-9H,10H2,1-2H3,(H,26,27)(H,23,24,25)/b17-9-. The van der Waals surface area contributed by atoms with Crippen molar-refractivity contribution in [3.05, 3.63) is 66.8 Å². The summed E-state index contributed by atoms with van der Waals surface area (Å²) in [7, 11) is 1.53. The molecule has 0 aliphatic carbocycles. The van der Waals surface area contributed by atoms with Crippen LogP contribution in [0.15, 0.2) is 46.5 Å². The molecule has 7 nitrogen and oxygen atoms in total. The summed E-state index contributed by atoms with van der Waals surface area (Å²) in [5.74, 6) is 0.585. The van der Waals surface area contributed by atoms with E-state index in [1.54, 1.807) is 25.1 Å². The second-order valence-electron chi connectivity index (χ2n) is 6.03. The van der Waals surface area contributed by atoms with Gasteiger partial charge in [-0.1, -0.05) is 29.8 Å². The molecule has 0 amide bonds. The Balaban J connectivity index is 1.87. The topological polar surface area (TPSA) is 97.3 Å². The number of aliphatic carboxylic acids is 1. The Kier molecular flexibility index (Phi) is 7.62. The molecular formula is C20H17ClIN3O4S. The molecule has 0 saturated heterocycles. The number of carbonyl (C=O) groups is 1. The van der Waals surface area contributed by atoms with Gasteiger partial charge in [-0.25, -0.2) is 9.78 Å². The molecule has 0 aliphatic heterocycles. The van der Waals surface area contributed by atoms with Gasteiger partial charge in [-0.15, -0.1) is 5.10 Å². The van der Waals surface area contributed by atoms with Gasteiger partial charge < -0.3 is 14.6 Å². The Morgan fingerprint density at radius 3 is 2.77 bits per heavy atom. The largest absolute Gasteiger partial charge is 0.493 e. The molecule has 0 radical (unpaired) electrons. The van der Waals surface area contributed by atoms with Crippen molar-refractivity contribution in [1.29, 1.82) is 0 Å². The van der Waals surface area contributed by atoms with Crippen molar-refractivity contribution in [1.82, 2.24) is 15.2 Å². The van der Waals surface area contributed by atoms with E-state index in [9.17, 15) is 9.90 Å². The number of halogens is 2. The lowest BCUT2D eigenvalue weighted by Gasteiger charge is -2.14. The number of carboxylic acids is 1. The summed E-state index contributed by atoms with van der Waals surface area (Å²) in [5.41, 5.74) is 1.51. The number of rotatable bonds is 8. The molecule has 0 unspecified atom stereocenters. The van der Waals surface area contributed by atoms with Crippen LogP contribution in [0.1, 0.15) is 17.0 Å². The van der Waals surface area contributed by atoms with Crippen molar-refractivity contribution in [3.8, 4) is 11.5 Å². The summed E-state index contributed by atoms with van der Waals surface area (Å²) in [6.45, 7) is 2.03. The first-order chi connectivity index (χ1) is 14.4. The lowest BCUT2D eigenvalue weighted by Crippen LogP contribution is -2.01. The van der Waals surface area contributed by atoms with Crippen LogP contribution in [0.3, 0.4) is 0 Å². The van der Waals surface area contributed by atoms with Crippen LogP contribution in [0.4, 0.5) is 0 Å². The average molecular weight is 558 g/mol. The second kappa shape index (κ2) is 10.2. The fourth-order valence-electron chi connectivity index (χ4n) is 2.48. The van der Waals surface area contributed by atoms with Crippen LogP contribution < -0.4 is 9.47 Å². The van der Waals surface area contributed by atoms with Gasteiger partial charge in [0.1, 0.15) is 17.3 Å². The minimum atomic E-state index is -1.07. The number of ether oxygens (including phenoxy) is 2. The highest BCUT2D eigenvalue weighted by Gasteiger charge is 2.16. The first kappa shape index (κ1) is 22.4. The van der Waals surface area contributed by atoms with E-state index in [1.165, 1.54) is 7.11 Å². The van der Waals surface area contributed by atoms with Crippen molar-refractivity contribution in [2.24, 2.45) is 0 Å². The SMILES string of the molecule is COc1cc(/C=C(\Sc2n[nH]c(C)n2)C(=O)O)cc(I)c1OCc1ccccc1Cl. The van der Waals surface area contributed by atoms with Crippen LogP contribution >= 0.6 is 46.0 Å². The maximum Gasteiger partial charge on any atom is 0.342 e. The van der Waals surface area contributed by atoms with Crippen LogP contribution in [0.2, 0.25) is 5.02 Å². The number of nitrogens with one attached hydrogen (secondary N) is 1. The summed E-state index contributed by atoms with van der Waals surface area (Å²) in [4.78, 5) is 15.9. The van der Waals surface area contributed by atoms with Gasteiger partial charge in [0, 0.05) is 10.6 Å². The molecule has 1 aromatic heterocycles. The van der Waals surface area contributed by atoms with E-state index in [0.29, 0.717) is 33.1 Å². The number of H-pyrrole nitrogens is 1. The lowest BCUT2D eigenvalue weighted by molar-refractivity contribution is -0.131. The summed E-state index contributed by atoms with van der Waals surface area (Å²) >= 11 is 9.28. The number of hydrogen-bond donors (Lipinski definition) is 2. The van der Waals surface area contributed by atoms with E-state index in [4.69, 9.17) is 21.1 Å². The van der Waals surface area contributed by atoms with Crippen molar-refractivity contribution in [2.75, 3.05) is 7.11 Å². The molecule has 2 aromatic carbocycles. The predicted molar refractivity (Wildman–Crippen MR) is 124 cm³/mol. The van der Waals surface area contributed by atoms with Gasteiger partial charge in [0.15, 0.2) is 11.5 Å². The Hall–Kier alpha value is -2.24. The monoisotopic (exact) mass is 557 g/mol. The predicted octanol–water partition coefficient (Wildman–Crippen LogP) is 5.18. The summed E-state index contributed by atoms with van der Waals surface area (Å²) in [6, 6.07) is 11.0. The third-order valence-corrected chi connectivity index (χ3v) is 5.92. The number of aryl methyl sites for hydroxylation is 1. The Morgan fingerprint density at radius 1 is 1.37 bits per heavy atom. The van der Waals surface area contributed by atoms with Gasteiger partial charge in [-0.3, -0.25) is 5.10 Å². The molecule has 0 fully saturated rings. The van der Waals surface area contributed by atoms with Gasteiger partial charge in [0.05, 0.1) is 10.7 Å². The summed E-state index contributed by atoms with van der Waals surface area (Å²) < 4.78 is 12.2. The minimum Gasteiger partial charge on any atom is -0.493 e. The van der Waals surface area contributed by atoms with Gasteiger partial charge >= 0.3 is 5.97 Å².